The van der Waals surface area contributed by atoms with Gasteiger partial charge in [0.2, 0.25) is 0 Å². The fourth-order valence-corrected chi connectivity index (χ4v) is 23.2. The summed E-state index contributed by atoms with van der Waals surface area (Å²) in [7, 11) is 0. The van der Waals surface area contributed by atoms with E-state index in [1.165, 1.54) is 97.1 Å². The van der Waals surface area contributed by atoms with Crippen LogP contribution in [0.2, 0.25) is 0 Å². The summed E-state index contributed by atoms with van der Waals surface area (Å²) in [6.07, 6.45) is 19.7. The quantitative estimate of drug-likeness (QED) is 0.0616. The Morgan fingerprint density at radius 1 is 0.211 bits per heavy atom. The zero-order valence-corrected chi connectivity index (χ0v) is 51.5. The van der Waals surface area contributed by atoms with Gasteiger partial charge in [-0.05, 0) is 212 Å². The van der Waals surface area contributed by atoms with Crippen LogP contribution >= 0.6 is 27.5 Å². The summed E-state index contributed by atoms with van der Waals surface area (Å²) < 4.78 is 118. The number of aromatic nitrogens is 2. The number of halogens is 8. The third kappa shape index (κ3) is 10.7. The van der Waals surface area contributed by atoms with Gasteiger partial charge in [-0.3, -0.25) is 0 Å². The summed E-state index contributed by atoms with van der Waals surface area (Å²) >= 11 is 0. The molecule has 0 saturated carbocycles. The molecule has 0 bridgehead atoms. The van der Waals surface area contributed by atoms with Crippen LogP contribution in [0.15, 0.2) is 267 Å². The van der Waals surface area contributed by atoms with Gasteiger partial charge in [0.15, 0.2) is 0 Å². The predicted molar refractivity (Wildman–Crippen MR) is 371 cm³/mol. The zero-order chi connectivity index (χ0) is 62.7. The zero-order valence-electron chi connectivity index (χ0n) is 47.9. The van der Waals surface area contributed by atoms with Crippen molar-refractivity contribution in [3.8, 4) is 22.3 Å². The number of hydrogen-bond acceptors (Lipinski definition) is 2. The second kappa shape index (κ2) is 23.7. The Morgan fingerprint density at radius 3 is 0.567 bits per heavy atom. The van der Waals surface area contributed by atoms with E-state index in [0.717, 1.165) is 43.0 Å². The van der Waals surface area contributed by atoms with Gasteiger partial charge < -0.3 is 0 Å². The minimum absolute atomic E-state index is 0.415. The van der Waals surface area contributed by atoms with Gasteiger partial charge in [0.05, 0.1) is 21.9 Å². The van der Waals surface area contributed by atoms with Crippen LogP contribution < -0.4 is 63.9 Å². The molecule has 0 aliphatic rings. The van der Waals surface area contributed by atoms with E-state index < -0.39 is 74.1 Å². The van der Waals surface area contributed by atoms with Crippen molar-refractivity contribution in [2.75, 3.05) is 0 Å². The summed E-state index contributed by atoms with van der Waals surface area (Å²) in [6.45, 7) is -12.0. The largest absolute Gasteiger partial charge is 0.245 e. The van der Waals surface area contributed by atoms with Gasteiger partial charge in [0.1, 0.15) is 46.5 Å². The van der Waals surface area contributed by atoms with Crippen LogP contribution in [0.25, 0.3) is 44.1 Å². The topological polar surface area (TPSA) is 25.8 Å². The van der Waals surface area contributed by atoms with Gasteiger partial charge >= 0.3 is 0 Å². The molecule has 442 valence electrons. The highest BCUT2D eigenvalue weighted by molar-refractivity contribution is 7.94. The third-order valence-corrected chi connectivity index (χ3v) is 30.7. The van der Waals surface area contributed by atoms with Crippen LogP contribution in [0, 0.1) is 46.5 Å². The molecule has 0 saturated heterocycles. The molecule has 2 heterocycles. The average Bonchev–Trinajstić information content (AvgIpc) is 0.839. The molecule has 2 nitrogen and oxygen atoms in total. The van der Waals surface area contributed by atoms with Crippen molar-refractivity contribution < 1.29 is 35.1 Å². The first-order chi connectivity index (χ1) is 43.3. The van der Waals surface area contributed by atoms with Crippen LogP contribution in [0.3, 0.4) is 0 Å². The number of pyridine rings is 2. The molecule has 14 heteroatoms. The first-order valence-corrected chi connectivity index (χ1v) is 36.3. The Hall–Kier alpha value is -9.12. The maximum Gasteiger partial charge on any atom is 0.123 e. The Labute approximate surface area is 516 Å². The van der Waals surface area contributed by atoms with Gasteiger partial charge in [-0.1, -0.05) is 183 Å². The van der Waals surface area contributed by atoms with E-state index in [1.54, 1.807) is 97.1 Å². The fraction of sp³-hybridized carbons (Fsp3) is 0. The molecule has 2 aromatic heterocycles. The molecular weight excluding hydrogens is 1220 g/mol. The molecule has 0 unspecified atom stereocenters. The molecule has 13 aromatic rings. The highest BCUT2D eigenvalue weighted by Gasteiger charge is 2.31. The lowest BCUT2D eigenvalue weighted by Gasteiger charge is -2.28. The van der Waals surface area contributed by atoms with E-state index in [9.17, 15) is 17.6 Å². The average molecular weight is 1270 g/mol. The molecule has 0 aliphatic carbocycles. The van der Waals surface area contributed by atoms with Crippen LogP contribution in [-0.4, -0.2) is 35.2 Å². The Morgan fingerprint density at radius 2 is 0.378 bits per heavy atom. The molecule has 13 rings (SSSR count). The second-order valence-electron chi connectivity index (χ2n) is 22.1. The van der Waals surface area contributed by atoms with Gasteiger partial charge in [-0.2, -0.15) is 0 Å². The van der Waals surface area contributed by atoms with Crippen molar-refractivity contribution in [3.05, 3.63) is 313 Å². The van der Waals surface area contributed by atoms with Crippen molar-refractivity contribution in [1.29, 1.82) is 0 Å². The minimum Gasteiger partial charge on any atom is -0.245 e. The molecule has 0 N–H and O–H groups in total. The molecule has 0 spiro atoms. The molecule has 11 aromatic carbocycles. The van der Waals surface area contributed by atoms with E-state index in [4.69, 9.17) is 35.2 Å². The molecule has 0 atom stereocenters. The molecule has 0 aliphatic heterocycles. The van der Waals surface area contributed by atoms with Crippen LogP contribution in [0.4, 0.5) is 35.1 Å². The molecule has 0 fully saturated rings. The monoisotopic (exact) mass is 1270 g/mol. The number of rotatable bonds is 14. The molecule has 0 radical (unpaired) electrons. The Bertz CT molecular complexity index is 4560. The first-order valence-electron chi connectivity index (χ1n) is 28.4. The van der Waals surface area contributed by atoms with Gasteiger partial charge in [-0.25, -0.2) is 45.1 Å². The summed E-state index contributed by atoms with van der Waals surface area (Å²) in [4.78, 5) is 11.3. The van der Waals surface area contributed by atoms with E-state index in [0.29, 0.717) is 65.0 Å². The summed E-state index contributed by atoms with van der Waals surface area (Å²) in [5, 5.41) is 8.59. The van der Waals surface area contributed by atoms with E-state index in [2.05, 4.69) is 0 Å². The minimum atomic E-state index is -3.23. The van der Waals surface area contributed by atoms with Crippen LogP contribution in [0.1, 0.15) is 0 Å². The predicted octanol–water partition coefficient (Wildman–Crippen LogP) is 14.1. The number of benzene rings is 11. The second-order valence-corrected chi connectivity index (χ2v) is 34.6. The van der Waals surface area contributed by atoms with Crippen molar-refractivity contribution in [1.82, 2.24) is 9.97 Å². The highest BCUT2D eigenvalue weighted by Crippen LogP contribution is 2.49. The normalized spacial score (nSPS) is 12.2. The summed E-state index contributed by atoms with van der Waals surface area (Å²) in [5.41, 5.74) is 4.68. The molecular formula is C76H52F8N2P4. The van der Waals surface area contributed by atoms with E-state index >= 15 is 17.6 Å². The van der Waals surface area contributed by atoms with Crippen molar-refractivity contribution in [2.45, 2.75) is 0 Å². The van der Waals surface area contributed by atoms with Gasteiger partial charge in [-0.15, -0.1) is 0 Å². The lowest BCUT2D eigenvalue weighted by Crippen LogP contribution is -2.29. The molecule has 0 amide bonds. The highest BCUT2D eigenvalue weighted by atomic mass is 31.2. The number of nitrogens with zero attached hydrogens (tertiary/aromatic N) is 2. The van der Waals surface area contributed by atoms with Crippen molar-refractivity contribution >= 4 is 138 Å². The lowest BCUT2D eigenvalue weighted by atomic mass is 9.96. The number of hydrogen-bond donors (Lipinski definition) is 0. The van der Waals surface area contributed by atoms with Gasteiger partial charge in [0, 0.05) is 10.8 Å². The summed E-state index contributed by atoms with van der Waals surface area (Å²) in [5.74, 6) is -3.54. The standard InChI is InChI=1S/C76H52F8N2P4/c1-87(61-29-9-51(77)10-30-61,62-31-11-52(78)12-32-62)59-25-5-49(6-26-59)71-47-73(89(3,65-37-17-55(81)18-38-65)66-39-19-56(82)20-40-66)85-75-69(71)45-46-70-72(48-74(86-76(70)75)90(4,67-41-21-57(83)22-42-67)68-43-23-58(84)24-44-68)50-7-27-60(28-8-50)88(2,63-33-13-53(79)14-34-63)64-35-15-54(80)16-36-64/h5-48H,1-4H2. The molecule has 90 heavy (non-hydrogen) atoms. The number of fused-ring (bicyclic) bond motifs is 3. The van der Waals surface area contributed by atoms with Crippen LogP contribution in [-0.2, 0) is 0 Å². The summed E-state index contributed by atoms with van der Waals surface area (Å²) in [6, 6.07) is 72.7. The Kier molecular flexibility index (Phi) is 15.7. The maximum absolute atomic E-state index is 15.0. The lowest BCUT2D eigenvalue weighted by molar-refractivity contribution is 0.627. The smallest absolute Gasteiger partial charge is 0.123 e. The van der Waals surface area contributed by atoms with Crippen molar-refractivity contribution in [2.24, 2.45) is 0 Å². The van der Waals surface area contributed by atoms with E-state index in [1.807, 2.05) is 72.8 Å². The van der Waals surface area contributed by atoms with Gasteiger partial charge in [0.25, 0.3) is 0 Å². The van der Waals surface area contributed by atoms with Crippen LogP contribution in [0.5, 0.6) is 0 Å². The van der Waals surface area contributed by atoms with Crippen molar-refractivity contribution in [3.63, 3.8) is 0 Å². The third-order valence-electron chi connectivity index (χ3n) is 16.9. The first kappa shape index (κ1) is 59.8. The van der Waals surface area contributed by atoms with E-state index in [-0.39, 0.29) is 0 Å². The Balaban J connectivity index is 1.11. The SMILES string of the molecule is C=P(c1ccc(F)cc1)(c1ccc(F)cc1)c1ccc(-c2cc(P(=C)(c3ccc(F)cc3)c3ccc(F)cc3)nc3c2ccc2c(-c4ccc(P(=C)(c5ccc(F)cc5)c5ccc(F)cc5)cc4)cc(P(=C)(c4ccc(F)cc4)c4ccc(F)cc4)nc23)cc1. The maximum atomic E-state index is 15.0. The fourth-order valence-electron chi connectivity index (χ4n) is 11.9.